The first kappa shape index (κ1) is 15.5. The largest absolute Gasteiger partial charge is 0.480 e. The maximum Gasteiger partial charge on any atom is 0.408 e. The van der Waals surface area contributed by atoms with E-state index in [2.05, 4.69) is 15.5 Å². The van der Waals surface area contributed by atoms with Gasteiger partial charge in [-0.1, -0.05) is 30.3 Å². The minimum absolute atomic E-state index is 0.0721. The number of carboxylic acid groups (broad SMARTS) is 1. The Labute approximate surface area is 126 Å². The van der Waals surface area contributed by atoms with Crippen molar-refractivity contribution in [2.24, 2.45) is 0 Å². The van der Waals surface area contributed by atoms with Gasteiger partial charge in [0.25, 0.3) is 0 Å². The van der Waals surface area contributed by atoms with Gasteiger partial charge < -0.3 is 19.6 Å². The molecule has 0 aliphatic carbocycles. The number of alkyl carbamates (subject to hydrolysis) is 1. The third-order valence-corrected chi connectivity index (χ3v) is 2.85. The number of hydrogen-bond acceptors (Lipinski definition) is 6. The lowest BCUT2D eigenvalue weighted by atomic mass is 10.1. The molecule has 1 atom stereocenters. The molecule has 1 heterocycles. The molecule has 2 aromatic rings. The quantitative estimate of drug-likeness (QED) is 0.794. The number of carbonyl (C=O) groups excluding carboxylic acids is 1. The first-order valence-electron chi connectivity index (χ1n) is 6.60. The Kier molecular flexibility index (Phi) is 5.47. The van der Waals surface area contributed by atoms with E-state index in [0.717, 1.165) is 12.0 Å². The Bertz CT molecular complexity index is 600. The van der Waals surface area contributed by atoms with Gasteiger partial charge in [0.2, 0.25) is 12.3 Å². The Morgan fingerprint density at radius 1 is 1.32 bits per heavy atom. The van der Waals surface area contributed by atoms with Crippen LogP contribution in [0.25, 0.3) is 0 Å². The zero-order valence-corrected chi connectivity index (χ0v) is 11.6. The molecule has 2 N–H and O–H groups in total. The number of carbonyl (C=O) groups is 2. The normalized spacial score (nSPS) is 11.6. The average molecular weight is 305 g/mol. The van der Waals surface area contributed by atoms with Crippen LogP contribution in [-0.2, 0) is 22.6 Å². The summed E-state index contributed by atoms with van der Waals surface area (Å²) in [4.78, 5) is 22.8. The highest BCUT2D eigenvalue weighted by molar-refractivity contribution is 5.79. The summed E-state index contributed by atoms with van der Waals surface area (Å²) in [6.07, 6.45) is 0.738. The summed E-state index contributed by atoms with van der Waals surface area (Å²) in [5, 5.41) is 18.5. The number of nitrogens with zero attached hydrogens (tertiary/aromatic N) is 2. The summed E-state index contributed by atoms with van der Waals surface area (Å²) in [7, 11) is 0. The van der Waals surface area contributed by atoms with Gasteiger partial charge in [0, 0.05) is 6.42 Å². The van der Waals surface area contributed by atoms with E-state index in [1.165, 1.54) is 0 Å². The van der Waals surface area contributed by atoms with Crippen LogP contribution in [-0.4, -0.2) is 33.4 Å². The lowest BCUT2D eigenvalue weighted by molar-refractivity contribution is -0.139. The molecule has 0 saturated heterocycles. The van der Waals surface area contributed by atoms with Crippen LogP contribution in [0.3, 0.4) is 0 Å². The molecule has 1 aromatic heterocycles. The molecular weight excluding hydrogens is 290 g/mol. The fourth-order valence-electron chi connectivity index (χ4n) is 1.74. The molecule has 8 nitrogen and oxygen atoms in total. The smallest absolute Gasteiger partial charge is 0.408 e. The Hall–Kier alpha value is -2.90. The van der Waals surface area contributed by atoms with Crippen molar-refractivity contribution >= 4 is 12.1 Å². The number of amides is 1. The number of aromatic nitrogens is 2. The van der Waals surface area contributed by atoms with Gasteiger partial charge in [-0.2, -0.15) is 0 Å². The molecule has 2 rings (SSSR count). The van der Waals surface area contributed by atoms with E-state index in [-0.39, 0.29) is 19.4 Å². The van der Waals surface area contributed by atoms with Crippen LogP contribution in [0, 0.1) is 0 Å². The van der Waals surface area contributed by atoms with Crippen LogP contribution >= 0.6 is 0 Å². The van der Waals surface area contributed by atoms with Gasteiger partial charge in [-0.25, -0.2) is 9.59 Å². The summed E-state index contributed by atoms with van der Waals surface area (Å²) < 4.78 is 9.90. The summed E-state index contributed by atoms with van der Waals surface area (Å²) in [5.41, 5.74) is 0.815. The van der Waals surface area contributed by atoms with Crippen molar-refractivity contribution in [3.05, 3.63) is 48.2 Å². The molecule has 0 fully saturated rings. The van der Waals surface area contributed by atoms with Gasteiger partial charge in [-0.15, -0.1) is 10.2 Å². The highest BCUT2D eigenvalue weighted by Gasteiger charge is 2.21. The first-order chi connectivity index (χ1) is 10.6. The van der Waals surface area contributed by atoms with Crippen molar-refractivity contribution in [3.8, 4) is 0 Å². The van der Waals surface area contributed by atoms with Gasteiger partial charge >= 0.3 is 12.1 Å². The zero-order chi connectivity index (χ0) is 15.8. The Morgan fingerprint density at radius 2 is 2.09 bits per heavy atom. The minimum atomic E-state index is -1.16. The number of ether oxygens (including phenoxy) is 1. The number of benzene rings is 1. The van der Waals surface area contributed by atoms with E-state index in [0.29, 0.717) is 5.89 Å². The molecule has 0 bridgehead atoms. The van der Waals surface area contributed by atoms with E-state index in [4.69, 9.17) is 14.3 Å². The van der Waals surface area contributed by atoms with Gasteiger partial charge in [0.1, 0.15) is 12.6 Å². The summed E-state index contributed by atoms with van der Waals surface area (Å²) in [6, 6.07) is 8.01. The van der Waals surface area contributed by atoms with E-state index in [1.807, 2.05) is 18.2 Å². The average Bonchev–Trinajstić information content (AvgIpc) is 3.03. The minimum Gasteiger partial charge on any atom is -0.480 e. The molecule has 0 saturated carbocycles. The molecule has 8 heteroatoms. The number of aliphatic carboxylic acids is 1. The van der Waals surface area contributed by atoms with Gasteiger partial charge in [0.15, 0.2) is 0 Å². The monoisotopic (exact) mass is 305 g/mol. The number of rotatable bonds is 7. The van der Waals surface area contributed by atoms with Crippen LogP contribution in [0.5, 0.6) is 0 Å². The number of hydrogen-bond donors (Lipinski definition) is 2. The molecule has 116 valence electrons. The molecular formula is C14H15N3O5. The second kappa shape index (κ2) is 7.77. The van der Waals surface area contributed by atoms with Gasteiger partial charge in [0.05, 0.1) is 0 Å². The molecule has 0 spiro atoms. The molecule has 0 aliphatic rings. The predicted octanol–water partition coefficient (Wildman–Crippen LogP) is 1.38. The zero-order valence-electron chi connectivity index (χ0n) is 11.6. The topological polar surface area (TPSA) is 115 Å². The Balaban J connectivity index is 1.79. The number of aryl methyl sites for hydroxylation is 1. The standard InChI is InChI=1S/C14H15N3O5/c18-13(19)11(6-7-12-17-15-9-22-12)16-14(20)21-8-10-4-2-1-3-5-10/h1-5,9,11H,6-8H2,(H,16,20)(H,18,19). The molecule has 1 unspecified atom stereocenters. The van der Waals surface area contributed by atoms with Crippen LogP contribution in [0.2, 0.25) is 0 Å². The fraction of sp³-hybridized carbons (Fsp3) is 0.286. The van der Waals surface area contributed by atoms with E-state index in [9.17, 15) is 9.59 Å². The van der Waals surface area contributed by atoms with Crippen LogP contribution in [0.15, 0.2) is 41.1 Å². The number of nitrogens with one attached hydrogen (secondary N) is 1. The van der Waals surface area contributed by atoms with Crippen molar-refractivity contribution in [1.82, 2.24) is 15.5 Å². The van der Waals surface area contributed by atoms with Gasteiger partial charge in [-0.3, -0.25) is 0 Å². The van der Waals surface area contributed by atoms with Crippen molar-refractivity contribution in [3.63, 3.8) is 0 Å². The second-order valence-corrected chi connectivity index (χ2v) is 4.47. The van der Waals surface area contributed by atoms with E-state index < -0.39 is 18.1 Å². The molecule has 0 aliphatic heterocycles. The van der Waals surface area contributed by atoms with Crippen LogP contribution in [0.1, 0.15) is 17.9 Å². The van der Waals surface area contributed by atoms with Crippen molar-refractivity contribution in [2.45, 2.75) is 25.5 Å². The van der Waals surface area contributed by atoms with E-state index >= 15 is 0 Å². The third kappa shape index (κ3) is 4.89. The lowest BCUT2D eigenvalue weighted by Crippen LogP contribution is -2.41. The van der Waals surface area contributed by atoms with Crippen molar-refractivity contribution in [1.29, 1.82) is 0 Å². The van der Waals surface area contributed by atoms with Crippen molar-refractivity contribution in [2.75, 3.05) is 0 Å². The highest BCUT2D eigenvalue weighted by atomic mass is 16.5. The Morgan fingerprint density at radius 3 is 2.73 bits per heavy atom. The fourth-order valence-corrected chi connectivity index (χ4v) is 1.74. The second-order valence-electron chi connectivity index (χ2n) is 4.47. The number of carboxylic acids is 1. The summed E-state index contributed by atoms with van der Waals surface area (Å²) >= 11 is 0. The van der Waals surface area contributed by atoms with E-state index in [1.54, 1.807) is 12.1 Å². The molecule has 1 aromatic carbocycles. The van der Waals surface area contributed by atoms with Crippen LogP contribution in [0.4, 0.5) is 4.79 Å². The summed E-state index contributed by atoms with van der Waals surface area (Å²) in [6.45, 7) is 0.0721. The maximum atomic E-state index is 11.6. The highest BCUT2D eigenvalue weighted by Crippen LogP contribution is 2.04. The predicted molar refractivity (Wildman–Crippen MR) is 73.8 cm³/mol. The first-order valence-corrected chi connectivity index (χ1v) is 6.60. The molecule has 0 radical (unpaired) electrons. The van der Waals surface area contributed by atoms with Gasteiger partial charge in [-0.05, 0) is 12.0 Å². The molecule has 22 heavy (non-hydrogen) atoms. The lowest BCUT2D eigenvalue weighted by Gasteiger charge is -2.13. The maximum absolute atomic E-state index is 11.6. The third-order valence-electron chi connectivity index (χ3n) is 2.85. The SMILES string of the molecule is O=C(NC(CCc1nnco1)C(=O)O)OCc1ccccc1. The van der Waals surface area contributed by atoms with Crippen LogP contribution < -0.4 is 5.32 Å². The molecule has 1 amide bonds. The summed E-state index contributed by atoms with van der Waals surface area (Å²) in [5.74, 6) is -0.845. The van der Waals surface area contributed by atoms with Crippen molar-refractivity contribution < 1.29 is 23.8 Å².